The lowest BCUT2D eigenvalue weighted by molar-refractivity contribution is -0.133. The Morgan fingerprint density at radius 2 is 1.86 bits per heavy atom. The first-order valence-corrected chi connectivity index (χ1v) is 12.7. The van der Waals surface area contributed by atoms with Crippen molar-refractivity contribution in [2.24, 2.45) is 0 Å². The minimum atomic E-state index is -1.13. The van der Waals surface area contributed by atoms with E-state index in [0.29, 0.717) is 45.8 Å². The van der Waals surface area contributed by atoms with Crippen molar-refractivity contribution in [2.45, 2.75) is 38.9 Å². The van der Waals surface area contributed by atoms with Gasteiger partial charge in [-0.15, -0.1) is 0 Å². The topological polar surface area (TPSA) is 118 Å². The van der Waals surface area contributed by atoms with E-state index >= 15 is 0 Å². The highest BCUT2D eigenvalue weighted by atomic mass is 16.5. The zero-order chi connectivity index (χ0) is 26.4. The molecule has 1 aromatic heterocycles. The van der Waals surface area contributed by atoms with Crippen molar-refractivity contribution in [1.29, 1.82) is 0 Å². The number of hydrogen-bond acceptors (Lipinski definition) is 7. The SMILES string of the molecule is CCCN1C(=O)c2c(C(=O)NCCN3CCOCC3)ncn2CC1(C)C(=O)NCc1ccc(OC)cc1. The number of hydrogen-bond donors (Lipinski definition) is 2. The molecule has 1 unspecified atom stereocenters. The summed E-state index contributed by atoms with van der Waals surface area (Å²) in [6.07, 6.45) is 2.14. The summed E-state index contributed by atoms with van der Waals surface area (Å²) < 4.78 is 12.2. The summed E-state index contributed by atoms with van der Waals surface area (Å²) in [5.74, 6) is -0.283. The molecule has 11 nitrogen and oxygen atoms in total. The minimum absolute atomic E-state index is 0.0915. The highest BCUT2D eigenvalue weighted by molar-refractivity contribution is 6.07. The van der Waals surface area contributed by atoms with Gasteiger partial charge in [-0.25, -0.2) is 4.98 Å². The molecule has 1 saturated heterocycles. The van der Waals surface area contributed by atoms with Crippen molar-refractivity contribution in [3.05, 3.63) is 47.5 Å². The van der Waals surface area contributed by atoms with Crippen molar-refractivity contribution in [1.82, 2.24) is 30.0 Å². The molecule has 1 atom stereocenters. The monoisotopic (exact) mass is 512 g/mol. The Bertz CT molecular complexity index is 1110. The van der Waals surface area contributed by atoms with Crippen molar-refractivity contribution < 1.29 is 23.9 Å². The third-order valence-corrected chi connectivity index (χ3v) is 6.94. The first kappa shape index (κ1) is 26.6. The maximum absolute atomic E-state index is 13.6. The Labute approximate surface area is 217 Å². The number of rotatable bonds is 10. The quantitative estimate of drug-likeness (QED) is 0.486. The number of aromatic nitrogens is 2. The molecule has 1 fully saturated rings. The van der Waals surface area contributed by atoms with Gasteiger partial charge in [-0.1, -0.05) is 19.1 Å². The number of methoxy groups -OCH3 is 1. The molecule has 3 amide bonds. The van der Waals surface area contributed by atoms with E-state index in [1.54, 1.807) is 23.5 Å². The van der Waals surface area contributed by atoms with E-state index in [2.05, 4.69) is 20.5 Å². The number of nitrogens with one attached hydrogen (secondary N) is 2. The molecule has 2 aliphatic rings. The molecule has 11 heteroatoms. The first-order chi connectivity index (χ1) is 17.9. The predicted octanol–water partition coefficient (Wildman–Crippen LogP) is 0.895. The molecule has 0 bridgehead atoms. The molecule has 0 spiro atoms. The number of carbonyl (C=O) groups excluding carboxylic acids is 3. The number of morpholine rings is 1. The average molecular weight is 513 g/mol. The number of imidazole rings is 1. The summed E-state index contributed by atoms with van der Waals surface area (Å²) in [5, 5.41) is 5.86. The first-order valence-electron chi connectivity index (χ1n) is 12.7. The van der Waals surface area contributed by atoms with E-state index in [0.717, 1.165) is 24.4 Å². The van der Waals surface area contributed by atoms with E-state index in [1.165, 1.54) is 6.33 Å². The van der Waals surface area contributed by atoms with Gasteiger partial charge in [0.2, 0.25) is 5.91 Å². The van der Waals surface area contributed by atoms with Crippen molar-refractivity contribution in [2.75, 3.05) is 53.0 Å². The number of carbonyl (C=O) groups is 3. The van der Waals surface area contributed by atoms with Gasteiger partial charge in [0.15, 0.2) is 5.69 Å². The molecule has 1 aromatic carbocycles. The molecule has 2 aliphatic heterocycles. The van der Waals surface area contributed by atoms with Crippen molar-refractivity contribution in [3.63, 3.8) is 0 Å². The molecule has 0 radical (unpaired) electrons. The number of amides is 3. The third-order valence-electron chi connectivity index (χ3n) is 6.94. The van der Waals surface area contributed by atoms with Gasteiger partial charge in [0.05, 0.1) is 33.2 Å². The molecule has 2 N–H and O–H groups in total. The summed E-state index contributed by atoms with van der Waals surface area (Å²) in [7, 11) is 1.60. The van der Waals surface area contributed by atoms with Crippen LogP contribution in [0.2, 0.25) is 0 Å². The van der Waals surface area contributed by atoms with Crippen LogP contribution in [0.5, 0.6) is 5.75 Å². The lowest BCUT2D eigenvalue weighted by atomic mass is 9.94. The third kappa shape index (κ3) is 5.78. The van der Waals surface area contributed by atoms with Crippen LogP contribution in [0.15, 0.2) is 30.6 Å². The smallest absolute Gasteiger partial charge is 0.273 e. The standard InChI is InChI=1S/C26H36N6O5/c1-4-10-32-24(34)22-21(23(33)27-9-11-30-12-14-37-15-13-30)29-18-31(22)17-26(32,2)25(35)28-16-19-5-7-20(36-3)8-6-19/h5-8,18H,4,9-17H2,1-3H3,(H,27,33)(H,28,35). The van der Waals surface area contributed by atoms with E-state index < -0.39 is 5.54 Å². The van der Waals surface area contributed by atoms with Gasteiger partial charge >= 0.3 is 0 Å². The Balaban J connectivity index is 1.46. The Kier molecular flexibility index (Phi) is 8.45. The Morgan fingerprint density at radius 1 is 1.14 bits per heavy atom. The molecule has 37 heavy (non-hydrogen) atoms. The highest BCUT2D eigenvalue weighted by Crippen LogP contribution is 2.29. The maximum Gasteiger partial charge on any atom is 0.273 e. The second-order valence-corrected chi connectivity index (χ2v) is 9.54. The molecular formula is C26H36N6O5. The summed E-state index contributed by atoms with van der Waals surface area (Å²) >= 11 is 0. The molecule has 200 valence electrons. The van der Waals surface area contributed by atoms with Crippen LogP contribution in [-0.4, -0.2) is 95.7 Å². The highest BCUT2D eigenvalue weighted by Gasteiger charge is 2.48. The fraction of sp³-hybridized carbons (Fsp3) is 0.538. The van der Waals surface area contributed by atoms with Crippen LogP contribution in [0, 0.1) is 0 Å². The summed E-state index contributed by atoms with van der Waals surface area (Å²) in [4.78, 5) is 48.1. The summed E-state index contributed by atoms with van der Waals surface area (Å²) in [6.45, 7) is 8.82. The second-order valence-electron chi connectivity index (χ2n) is 9.54. The lowest BCUT2D eigenvalue weighted by Crippen LogP contribution is -2.64. The van der Waals surface area contributed by atoms with Crippen LogP contribution >= 0.6 is 0 Å². The maximum atomic E-state index is 13.6. The number of benzene rings is 1. The van der Waals surface area contributed by atoms with Gasteiger partial charge in [-0.3, -0.25) is 19.3 Å². The van der Waals surface area contributed by atoms with Crippen molar-refractivity contribution in [3.8, 4) is 5.75 Å². The van der Waals surface area contributed by atoms with Gasteiger partial charge in [0, 0.05) is 39.3 Å². The summed E-state index contributed by atoms with van der Waals surface area (Å²) in [5.41, 5.74) is 0.102. The van der Waals surface area contributed by atoms with Gasteiger partial charge in [0.1, 0.15) is 17.0 Å². The normalized spacial score (nSPS) is 19.9. The molecule has 0 aliphatic carbocycles. The molecule has 0 saturated carbocycles. The zero-order valence-electron chi connectivity index (χ0n) is 21.8. The molecule has 3 heterocycles. The molecule has 4 rings (SSSR count). The van der Waals surface area contributed by atoms with E-state index in [-0.39, 0.29) is 35.7 Å². The van der Waals surface area contributed by atoms with E-state index in [4.69, 9.17) is 9.47 Å². The number of ether oxygens (including phenoxy) is 2. The Morgan fingerprint density at radius 3 is 2.54 bits per heavy atom. The van der Waals surface area contributed by atoms with E-state index in [1.807, 2.05) is 31.2 Å². The summed E-state index contributed by atoms with van der Waals surface area (Å²) in [6, 6.07) is 7.44. The van der Waals surface area contributed by atoms with Gasteiger partial charge in [-0.2, -0.15) is 0 Å². The van der Waals surface area contributed by atoms with Crippen LogP contribution in [0.4, 0.5) is 0 Å². The zero-order valence-corrected chi connectivity index (χ0v) is 21.8. The van der Waals surface area contributed by atoms with Crippen LogP contribution < -0.4 is 15.4 Å². The van der Waals surface area contributed by atoms with Gasteiger partial charge < -0.3 is 29.6 Å². The van der Waals surface area contributed by atoms with Gasteiger partial charge in [0.25, 0.3) is 11.8 Å². The number of fused-ring (bicyclic) bond motifs is 1. The second kappa shape index (κ2) is 11.7. The minimum Gasteiger partial charge on any atom is -0.497 e. The van der Waals surface area contributed by atoms with Crippen LogP contribution in [-0.2, 0) is 22.6 Å². The van der Waals surface area contributed by atoms with Crippen LogP contribution in [0.1, 0.15) is 46.8 Å². The fourth-order valence-corrected chi connectivity index (χ4v) is 4.78. The molecule has 2 aromatic rings. The van der Waals surface area contributed by atoms with Crippen molar-refractivity contribution >= 4 is 17.7 Å². The number of nitrogens with zero attached hydrogens (tertiary/aromatic N) is 4. The molecular weight excluding hydrogens is 476 g/mol. The van der Waals surface area contributed by atoms with E-state index in [9.17, 15) is 14.4 Å². The van der Waals surface area contributed by atoms with Crippen LogP contribution in [0.3, 0.4) is 0 Å². The predicted molar refractivity (Wildman–Crippen MR) is 136 cm³/mol. The largest absolute Gasteiger partial charge is 0.497 e. The van der Waals surface area contributed by atoms with Crippen LogP contribution in [0.25, 0.3) is 0 Å². The average Bonchev–Trinajstić information content (AvgIpc) is 3.34. The Hall–Kier alpha value is -3.44. The van der Waals surface area contributed by atoms with Gasteiger partial charge in [-0.05, 0) is 31.0 Å². The lowest BCUT2D eigenvalue weighted by Gasteiger charge is -2.43. The fourth-order valence-electron chi connectivity index (χ4n) is 4.78.